The van der Waals surface area contributed by atoms with E-state index in [1.165, 1.54) is 0 Å². The predicted octanol–water partition coefficient (Wildman–Crippen LogP) is 2.15. The van der Waals surface area contributed by atoms with Gasteiger partial charge in [-0.2, -0.15) is 0 Å². The van der Waals surface area contributed by atoms with Crippen LogP contribution in [0.5, 0.6) is 0 Å². The molecule has 4 N–H and O–H groups in total. The van der Waals surface area contributed by atoms with Crippen molar-refractivity contribution < 1.29 is 29.3 Å². The summed E-state index contributed by atoms with van der Waals surface area (Å²) in [4.78, 5) is 31.2. The number of rotatable bonds is 9. The van der Waals surface area contributed by atoms with E-state index < -0.39 is 31.5 Å². The molecule has 0 aliphatic rings. The van der Waals surface area contributed by atoms with Gasteiger partial charge in [0.05, 0.1) is 11.6 Å². The molecule has 3 atom stereocenters. The average molecular weight is 350 g/mol. The monoisotopic (exact) mass is 349 g/mol. The summed E-state index contributed by atoms with van der Waals surface area (Å²) in [5.41, 5.74) is -0.433. The van der Waals surface area contributed by atoms with Gasteiger partial charge in [-0.1, -0.05) is 11.6 Å². The zero-order valence-corrected chi connectivity index (χ0v) is 13.3. The summed E-state index contributed by atoms with van der Waals surface area (Å²) in [7, 11) is -3.15. The second-order valence-electron chi connectivity index (χ2n) is 4.71. The largest absolute Gasteiger partial charge is 0.481 e. The summed E-state index contributed by atoms with van der Waals surface area (Å²) in [5.74, 6) is -3.63. The minimum absolute atomic E-state index is 0.0491. The van der Waals surface area contributed by atoms with E-state index in [9.17, 15) is 19.0 Å². The number of hydrogen-bond donors (Lipinski definition) is 4. The van der Waals surface area contributed by atoms with Crippen LogP contribution in [0.1, 0.15) is 12.8 Å². The Morgan fingerprint density at radius 2 is 1.82 bits per heavy atom. The van der Waals surface area contributed by atoms with Gasteiger partial charge in [-0.05, 0) is 30.7 Å². The lowest BCUT2D eigenvalue weighted by atomic mass is 9.99. The summed E-state index contributed by atoms with van der Waals surface area (Å²) in [5, 5.41) is 21.2. The van der Waals surface area contributed by atoms with E-state index in [1.807, 2.05) is 0 Å². The van der Waals surface area contributed by atoms with Gasteiger partial charge in [0.2, 0.25) is 0 Å². The number of hydrogen-bond acceptors (Lipinski definition) is 4. The van der Waals surface area contributed by atoms with E-state index >= 15 is 0 Å². The van der Waals surface area contributed by atoms with Crippen LogP contribution in [-0.2, 0) is 14.2 Å². The van der Waals surface area contributed by atoms with Crippen molar-refractivity contribution in [3.8, 4) is 0 Å². The van der Waals surface area contributed by atoms with Crippen molar-refractivity contribution in [1.82, 2.24) is 0 Å². The molecule has 0 heterocycles. The van der Waals surface area contributed by atoms with Crippen LogP contribution in [0.3, 0.4) is 0 Å². The predicted molar refractivity (Wildman–Crippen MR) is 82.9 cm³/mol. The first-order chi connectivity index (χ1) is 10.3. The van der Waals surface area contributed by atoms with E-state index in [1.54, 1.807) is 24.3 Å². The Bertz CT molecular complexity index is 550. The molecule has 3 unspecified atom stereocenters. The van der Waals surface area contributed by atoms with E-state index in [-0.39, 0.29) is 19.4 Å². The first-order valence-corrected chi connectivity index (χ1v) is 8.29. The van der Waals surface area contributed by atoms with Crippen molar-refractivity contribution in [1.29, 1.82) is 0 Å². The Morgan fingerprint density at radius 3 is 2.27 bits per heavy atom. The Kier molecular flexibility index (Phi) is 7.38. The van der Waals surface area contributed by atoms with Crippen LogP contribution in [0.25, 0.3) is 0 Å². The van der Waals surface area contributed by atoms with Crippen LogP contribution in [0.2, 0.25) is 5.02 Å². The van der Waals surface area contributed by atoms with Crippen molar-refractivity contribution in [2.45, 2.75) is 18.5 Å². The van der Waals surface area contributed by atoms with Gasteiger partial charge in [-0.3, -0.25) is 14.2 Å². The smallest absolute Gasteiger partial charge is 0.307 e. The highest BCUT2D eigenvalue weighted by Gasteiger charge is 2.32. The van der Waals surface area contributed by atoms with Gasteiger partial charge < -0.3 is 20.4 Å². The normalized spacial score (nSPS) is 14.8. The molecule has 0 radical (unpaired) electrons. The first kappa shape index (κ1) is 18.5. The van der Waals surface area contributed by atoms with E-state index in [0.717, 1.165) is 0 Å². The summed E-state index contributed by atoms with van der Waals surface area (Å²) in [6.45, 7) is -0.0491. The number of anilines is 1. The molecule has 7 nitrogen and oxygen atoms in total. The SMILES string of the molecule is O=C(O)CCC(C(=O)O)C(CNc1ccc(Cl)cc1)[PH](=O)O. The van der Waals surface area contributed by atoms with Crippen molar-refractivity contribution in [2.75, 3.05) is 11.9 Å². The molecule has 0 saturated heterocycles. The Balaban J connectivity index is 2.76. The fourth-order valence-corrected chi connectivity index (χ4v) is 3.03. The van der Waals surface area contributed by atoms with Crippen LogP contribution in [0.15, 0.2) is 24.3 Å². The standard InChI is InChI=1S/C13H17ClNO6P/c14-8-1-3-9(4-2-8)15-7-11(22(20)21)10(13(18)19)5-6-12(16)17/h1-4,10-11,15,22H,5-7H2,(H,16,17)(H,18,19)(H,20,21). The highest BCUT2D eigenvalue weighted by atomic mass is 35.5. The first-order valence-electron chi connectivity index (χ1n) is 6.48. The number of halogens is 1. The summed E-state index contributed by atoms with van der Waals surface area (Å²) in [6, 6.07) is 6.56. The van der Waals surface area contributed by atoms with Gasteiger partial charge in [0, 0.05) is 23.7 Å². The quantitative estimate of drug-likeness (QED) is 0.503. The highest BCUT2D eigenvalue weighted by molar-refractivity contribution is 7.39. The fourth-order valence-electron chi connectivity index (χ4n) is 1.97. The van der Waals surface area contributed by atoms with Gasteiger partial charge >= 0.3 is 11.9 Å². The molecule has 1 aromatic carbocycles. The molecule has 0 aromatic heterocycles. The second-order valence-corrected chi connectivity index (χ2v) is 6.56. The maximum absolute atomic E-state index is 11.5. The molecule has 0 aliphatic carbocycles. The van der Waals surface area contributed by atoms with Gasteiger partial charge in [0.15, 0.2) is 8.03 Å². The molecule has 0 aliphatic heterocycles. The molecule has 0 saturated carbocycles. The summed E-state index contributed by atoms with van der Waals surface area (Å²) in [6.07, 6.45) is -0.571. The number of carboxylic acids is 2. The maximum Gasteiger partial charge on any atom is 0.307 e. The van der Waals surface area contributed by atoms with E-state index in [2.05, 4.69) is 5.32 Å². The lowest BCUT2D eigenvalue weighted by molar-refractivity contribution is -0.142. The van der Waals surface area contributed by atoms with Crippen LogP contribution < -0.4 is 5.32 Å². The minimum Gasteiger partial charge on any atom is -0.481 e. The Labute approximate surface area is 132 Å². The van der Waals surface area contributed by atoms with Crippen molar-refractivity contribution in [2.24, 2.45) is 5.92 Å². The lowest BCUT2D eigenvalue weighted by Gasteiger charge is -2.22. The average Bonchev–Trinajstić information content (AvgIpc) is 2.43. The zero-order valence-electron chi connectivity index (χ0n) is 11.5. The number of nitrogens with one attached hydrogen (secondary N) is 1. The maximum atomic E-state index is 11.5. The number of aliphatic carboxylic acids is 2. The molecule has 9 heteroatoms. The molecule has 0 bridgehead atoms. The second kappa shape index (κ2) is 8.78. The molecule has 22 heavy (non-hydrogen) atoms. The van der Waals surface area contributed by atoms with Crippen LogP contribution in [-0.4, -0.2) is 39.2 Å². The van der Waals surface area contributed by atoms with Crippen molar-refractivity contribution in [3.05, 3.63) is 29.3 Å². The van der Waals surface area contributed by atoms with E-state index in [0.29, 0.717) is 10.7 Å². The third-order valence-electron chi connectivity index (χ3n) is 3.16. The molecule has 1 rings (SSSR count). The van der Waals surface area contributed by atoms with Crippen molar-refractivity contribution >= 4 is 37.3 Å². The van der Waals surface area contributed by atoms with Gasteiger partial charge in [-0.15, -0.1) is 0 Å². The Morgan fingerprint density at radius 1 is 1.23 bits per heavy atom. The lowest BCUT2D eigenvalue weighted by Crippen LogP contribution is -2.32. The topological polar surface area (TPSA) is 124 Å². The molecule has 0 spiro atoms. The van der Waals surface area contributed by atoms with Crippen LogP contribution >= 0.6 is 19.6 Å². The number of benzene rings is 1. The molecular formula is C13H17ClNO6P. The molecule has 0 fully saturated rings. The molecule has 122 valence electrons. The third-order valence-corrected chi connectivity index (χ3v) is 4.65. The van der Waals surface area contributed by atoms with Crippen molar-refractivity contribution in [3.63, 3.8) is 0 Å². The number of carboxylic acid groups (broad SMARTS) is 2. The van der Waals surface area contributed by atoms with Crippen LogP contribution in [0.4, 0.5) is 5.69 Å². The minimum atomic E-state index is -3.15. The third kappa shape index (κ3) is 6.05. The zero-order chi connectivity index (χ0) is 16.7. The molecule has 0 amide bonds. The van der Waals surface area contributed by atoms with Gasteiger partial charge in [0.25, 0.3) is 0 Å². The van der Waals surface area contributed by atoms with Crippen LogP contribution in [0, 0.1) is 5.92 Å². The summed E-state index contributed by atoms with van der Waals surface area (Å²) >= 11 is 5.74. The van der Waals surface area contributed by atoms with Gasteiger partial charge in [-0.25, -0.2) is 0 Å². The number of carbonyl (C=O) groups is 2. The molecule has 1 aromatic rings. The molecular weight excluding hydrogens is 333 g/mol. The van der Waals surface area contributed by atoms with Gasteiger partial charge in [0.1, 0.15) is 0 Å². The fraction of sp³-hybridized carbons (Fsp3) is 0.385. The van der Waals surface area contributed by atoms with E-state index in [4.69, 9.17) is 21.8 Å². The highest BCUT2D eigenvalue weighted by Crippen LogP contribution is 2.32. The Hall–Kier alpha value is -1.56. The summed E-state index contributed by atoms with van der Waals surface area (Å²) < 4.78 is 11.5.